The van der Waals surface area contributed by atoms with Gasteiger partial charge >= 0.3 is 40.4 Å². The van der Waals surface area contributed by atoms with Crippen molar-refractivity contribution in [1.29, 1.82) is 0 Å². The van der Waals surface area contributed by atoms with E-state index in [1.54, 1.807) is 0 Å². The van der Waals surface area contributed by atoms with Crippen LogP contribution in [0.1, 0.15) is 101 Å². The van der Waals surface area contributed by atoms with Crippen LogP contribution < -0.4 is 33.9 Å². The molecule has 0 saturated carbocycles. The number of aromatic nitrogens is 23. The number of aromatic amines is 3. The second kappa shape index (κ2) is 36.3. The van der Waals surface area contributed by atoms with Crippen molar-refractivity contribution in [2.24, 2.45) is 15.0 Å². The number of ether oxygens (including phenoxy) is 6. The summed E-state index contributed by atoms with van der Waals surface area (Å²) in [6.07, 6.45) is -27.8. The number of H-pyrrole nitrogens is 3. The van der Waals surface area contributed by atoms with E-state index in [4.69, 9.17) is 159 Å². The molecule has 21 heterocycles. The predicted molar refractivity (Wildman–Crippen MR) is 451 cm³/mol. The Bertz CT molecular complexity index is 6540. The van der Waals surface area contributed by atoms with E-state index in [0.29, 0.717) is 0 Å². The number of nitrogens with zero attached hydrogens (tertiary/aromatic N) is 23. The van der Waals surface area contributed by atoms with Crippen molar-refractivity contribution in [1.82, 2.24) is 114 Å². The smallest absolute Gasteiger partial charge is 0.369 e. The van der Waals surface area contributed by atoms with Crippen LogP contribution in [0.25, 0.3) is 33.5 Å². The lowest BCUT2D eigenvalue weighted by Crippen LogP contribution is -2.34. The first-order valence-electron chi connectivity index (χ1n) is 38.5. The summed E-state index contributed by atoms with van der Waals surface area (Å²) in [7, 11) is 0. The van der Waals surface area contributed by atoms with E-state index in [9.17, 15) is 57.8 Å². The minimum atomic E-state index is -4.53. The number of carbonyl (C=O) groups excluding carboxylic acids is 3. The summed E-state index contributed by atoms with van der Waals surface area (Å²) < 4.78 is 185. The molecule has 6 bridgehead atoms. The number of thiol groups is 1. The van der Waals surface area contributed by atoms with Gasteiger partial charge in [0.15, 0.2) is 147 Å². The molecule has 59 nitrogen and oxygen atoms in total. The fourth-order valence-electron chi connectivity index (χ4n) is 15.5. The van der Waals surface area contributed by atoms with Gasteiger partial charge in [0, 0.05) is 50.7 Å². The molecule has 9 aromatic heterocycles. The number of fused-ring (bicyclic) bond motifs is 15. The van der Waals surface area contributed by atoms with Crippen LogP contribution in [0.15, 0.2) is 35.7 Å². The highest BCUT2D eigenvalue weighted by Gasteiger charge is 2.59. The number of Topliss-reactive ketones (excluding diaryl/α,β-unsaturated/α-hetero) is 3. The van der Waals surface area contributed by atoms with Crippen molar-refractivity contribution in [2.45, 2.75) is 167 Å². The quantitative estimate of drug-likeness (QED) is 0.0579. The number of anilines is 3. The number of rotatable bonds is 6. The number of nitrogens with two attached hydrogens (primary N) is 3. The molecule has 6 unspecified atom stereocenters. The van der Waals surface area contributed by atoms with Crippen LogP contribution in [0.4, 0.5) is 52.9 Å². The van der Waals surface area contributed by atoms with Gasteiger partial charge in [-0.25, -0.2) is 42.1 Å². The molecule has 0 aromatic carbocycles. The average molecular weight is 2100 g/mol. The maximum absolute atomic E-state index is 16.0. The zero-order valence-electron chi connectivity index (χ0n) is 65.9. The van der Waals surface area contributed by atoms with Crippen LogP contribution in [0.3, 0.4) is 0 Å². The lowest BCUT2D eigenvalue weighted by Gasteiger charge is -2.27. The molecule has 75 heteroatoms. The number of imidazole rings is 1. The monoisotopic (exact) mass is 2100 g/mol. The molecule has 9 fully saturated rings. The van der Waals surface area contributed by atoms with Gasteiger partial charge in [-0.2, -0.15) is 38.4 Å². The van der Waals surface area contributed by atoms with Crippen LogP contribution in [-0.2, 0) is 146 Å². The molecule has 21 rings (SSSR count). The number of nitrogen functional groups attached to an aromatic ring is 3. The van der Waals surface area contributed by atoms with Gasteiger partial charge in [-0.1, -0.05) is 38.3 Å². The molecule has 133 heavy (non-hydrogen) atoms. The number of ketones is 3. The number of nitrogens with one attached hydrogen (secondary N) is 3. The number of carbonyl (C=O) groups is 3. The summed E-state index contributed by atoms with van der Waals surface area (Å²) >= 11 is 29.9. The zero-order chi connectivity index (χ0) is 93.8. The van der Waals surface area contributed by atoms with Gasteiger partial charge in [-0.15, -0.1) is 25.5 Å². The second-order valence-electron chi connectivity index (χ2n) is 30.0. The Kier molecular flexibility index (Phi) is 25.8. The van der Waals surface area contributed by atoms with E-state index in [-0.39, 0.29) is 149 Å². The van der Waals surface area contributed by atoms with Gasteiger partial charge in [0.05, 0.1) is 58.2 Å². The molecule has 9 saturated heterocycles. The Labute approximate surface area is 763 Å². The van der Waals surface area contributed by atoms with Crippen LogP contribution >= 0.6 is 52.6 Å². The van der Waals surface area contributed by atoms with Crippen molar-refractivity contribution in [2.75, 3.05) is 56.8 Å². The Morgan fingerprint density at radius 1 is 0.391 bits per heavy atom. The molecule has 28 atom stereocenters. The van der Waals surface area contributed by atoms with Crippen LogP contribution in [-0.4, -0.2) is 312 Å². The highest BCUT2D eigenvalue weighted by Crippen LogP contribution is 2.61. The van der Waals surface area contributed by atoms with Gasteiger partial charge in [-0.3, -0.25) is 70.9 Å². The number of halogens is 4. The van der Waals surface area contributed by atoms with E-state index in [0.717, 1.165) is 34.3 Å². The predicted octanol–water partition coefficient (Wildman–Crippen LogP) is -0.273. The normalized spacial score (nSPS) is 38.1. The highest BCUT2D eigenvalue weighted by atomic mass is 32.7. The van der Waals surface area contributed by atoms with E-state index in [1.807, 2.05) is 0 Å². The fraction of sp³-hybridized carbons (Fsp3) is 0.569. The molecule has 0 amide bonds. The number of hydrogen-bond acceptors (Lipinski definition) is 50. The Morgan fingerprint density at radius 3 is 1.17 bits per heavy atom. The summed E-state index contributed by atoms with van der Waals surface area (Å²) in [6, 6.07) is 0. The van der Waals surface area contributed by atoms with E-state index < -0.39 is 219 Å². The molecule has 14 N–H and O–H groups in total. The second-order valence-corrected chi connectivity index (χ2v) is 46.8. The van der Waals surface area contributed by atoms with Gasteiger partial charge in [-0.05, 0) is 59.0 Å². The molecular formula is C58H63F4N29O30P6S6. The third kappa shape index (κ3) is 18.8. The largest absolute Gasteiger partial charge is 0.386 e. The molecule has 12 aliphatic rings. The van der Waals surface area contributed by atoms with Crippen molar-refractivity contribution in [3.8, 4) is 0 Å². The first-order chi connectivity index (χ1) is 63.1. The first kappa shape index (κ1) is 94.4. The minimum absolute atomic E-state index is 0.00457. The number of aliphatic imine (C=N–C) groups is 3. The lowest BCUT2D eigenvalue weighted by molar-refractivity contribution is -0.0653. The van der Waals surface area contributed by atoms with Crippen molar-refractivity contribution >= 4 is 216 Å². The van der Waals surface area contributed by atoms with E-state index >= 15 is 17.6 Å². The van der Waals surface area contributed by atoms with Crippen molar-refractivity contribution in [3.05, 3.63) is 54.5 Å². The first-order valence-corrected chi connectivity index (χ1v) is 54.1. The van der Waals surface area contributed by atoms with E-state index in [1.165, 1.54) is 18.6 Å². The lowest BCUT2D eigenvalue weighted by atomic mass is 10.1. The molecule has 0 radical (unpaired) electrons. The Balaban J connectivity index is 0.000000129. The summed E-state index contributed by atoms with van der Waals surface area (Å²) in [5, 5.41) is 38.3. The van der Waals surface area contributed by atoms with Gasteiger partial charge in [0.2, 0.25) is 17.8 Å². The van der Waals surface area contributed by atoms with Crippen molar-refractivity contribution < 1.29 is 144 Å². The Hall–Kier alpha value is -7.62. The Morgan fingerprint density at radius 2 is 0.737 bits per heavy atom. The maximum Gasteiger partial charge on any atom is 0.386 e. The summed E-state index contributed by atoms with van der Waals surface area (Å²) in [5.74, 6) is -1.83. The minimum Gasteiger partial charge on any atom is -0.369 e. The molecule has 12 aliphatic heterocycles. The van der Waals surface area contributed by atoms with Crippen molar-refractivity contribution in [3.63, 3.8) is 0 Å². The standard InChI is InChI=1S/C20H21F2N9O10P2S2.2C19H21FN10O10P2S2/c21-9-7-3-36-42(34,44)40-13-8(39-18(10(13)22)30-5-25-11-6(32)1-2-24-15(11)30)4-37-43(35,45)41-14(9)19(38-7)31-16-12(28-29-31)17(33)27-20(23)26-16;2*20-10-13-9(38-18(10)29-14-11(25-27-29)7(31)1-2-22-14)5-36-41(33,43)39-8-3-6(4-35-42(34,44)40-13)37-17(8)30-15-12(26-28-30)16(32)24-19(21)23-15/h2,5,7-10,13-14,18-19H,1,3-4H2,(H,34,44)(H,35,45)(H3,23,26,27,33);2*2,6,8-10,13,17-18H,1,3-5H2,(H,33,43)(H,34,44)(H3,21,23,24,32)/t7-,8-,9-,10+,13-,14-,18-,19-,42?,43?;2*6-,8+,9+,10-,13+,17+,18+,41?,42?/m100/s1. The maximum atomic E-state index is 16.0. The third-order valence-corrected chi connectivity index (χ3v) is 30.7. The molecular weight excluding hydrogens is 2040 g/mol. The zero-order valence-corrected chi connectivity index (χ0v) is 76.3. The molecule has 9 aromatic rings. The SMILES string of the molecule is Nc1nc2c(nnn2[C@@H]2O[C@@H]3COP(O)(=S)O[C@H]4[C@H](F)[C@H](n5cnc6c5N=CCC6=O)O[C@@H]4COP(=O)(S)O[C@@H]2[C@@H]3F)c(=O)[nH]1.Nc1nc2c(nnn2[C@@H]2O[C@@H]3COP(O)(=S)O[C@H]4[C@H](F)[C@H](n5nnc6c5N=CCC6=O)O[C@@H]4COP(O)(=S)O[C@@H]2C3)c(=O)[nH]1.Nc1nc2c(nnn2[C@@H]2O[C@@H]3COP(O)(=S)O[C@H]4[C@H](F)[C@H](n5nnc6c5N=CCC6=O)O[C@@H]4COP(O)(=S)O[C@@H]2C3)c(=O)[nH]1. The number of hydrogen-bond donors (Lipinski definition) is 12. The number of alkyl halides is 4. The van der Waals surface area contributed by atoms with Crippen LogP contribution in [0.2, 0.25) is 0 Å². The van der Waals surface area contributed by atoms with Gasteiger partial charge < -0.3 is 102 Å². The average Bonchev–Trinajstić information content (AvgIpc) is 1.62. The van der Waals surface area contributed by atoms with Crippen LogP contribution in [0, 0.1) is 0 Å². The molecule has 0 spiro atoms. The summed E-state index contributed by atoms with van der Waals surface area (Å²) in [6.45, 7) is -28.9. The van der Waals surface area contributed by atoms with Crippen LogP contribution in [0.5, 0.6) is 0 Å². The summed E-state index contributed by atoms with van der Waals surface area (Å²) in [5.41, 5.74) is 14.0. The topological polar surface area (TPSA) is 759 Å². The van der Waals surface area contributed by atoms with E-state index in [2.05, 4.69) is 114 Å². The molecule has 0 aliphatic carbocycles. The van der Waals surface area contributed by atoms with Gasteiger partial charge in [0.1, 0.15) is 61.0 Å². The highest BCUT2D eigenvalue weighted by molar-refractivity contribution is 8.44. The third-order valence-electron chi connectivity index (χ3n) is 21.3. The summed E-state index contributed by atoms with van der Waals surface area (Å²) in [4.78, 5) is 163. The molecule has 714 valence electrons. The fourth-order valence-corrected chi connectivity index (χ4v) is 24.1. The van der Waals surface area contributed by atoms with Gasteiger partial charge in [0.25, 0.3) is 16.7 Å².